The van der Waals surface area contributed by atoms with Crippen molar-refractivity contribution in [1.82, 2.24) is 14.9 Å². The lowest BCUT2D eigenvalue weighted by molar-refractivity contribution is 0.0746. The summed E-state index contributed by atoms with van der Waals surface area (Å²) in [5, 5.41) is 3.24. The molecular formula is C23H26N4O2. The third-order valence-electron chi connectivity index (χ3n) is 4.61. The zero-order valence-corrected chi connectivity index (χ0v) is 16.8. The Morgan fingerprint density at radius 3 is 2.52 bits per heavy atom. The molecule has 0 bridgehead atoms. The Balaban J connectivity index is 1.55. The number of hydrogen-bond acceptors (Lipinski definition) is 5. The summed E-state index contributed by atoms with van der Waals surface area (Å²) in [7, 11) is 1.66. The van der Waals surface area contributed by atoms with Crippen LogP contribution in [0.3, 0.4) is 0 Å². The van der Waals surface area contributed by atoms with Crippen molar-refractivity contribution in [3.63, 3.8) is 0 Å². The molecule has 0 spiro atoms. The SMILES string of the molecule is CCN(Cc1ccccc1)C(=O)c1cnc(NCCc2cccc(OC)c2)cn1. The lowest BCUT2D eigenvalue weighted by atomic mass is 10.1. The van der Waals surface area contributed by atoms with Crippen LogP contribution in [0.2, 0.25) is 0 Å². The Hall–Kier alpha value is -3.41. The summed E-state index contributed by atoms with van der Waals surface area (Å²) in [6.07, 6.45) is 3.97. The molecule has 29 heavy (non-hydrogen) atoms. The second-order valence-electron chi connectivity index (χ2n) is 6.62. The van der Waals surface area contributed by atoms with Gasteiger partial charge in [-0.1, -0.05) is 42.5 Å². The molecule has 2 aromatic carbocycles. The summed E-state index contributed by atoms with van der Waals surface area (Å²) in [5.74, 6) is 1.38. The number of hydrogen-bond donors (Lipinski definition) is 1. The molecule has 1 N–H and O–H groups in total. The van der Waals surface area contributed by atoms with Crippen LogP contribution in [-0.4, -0.2) is 41.0 Å². The van der Waals surface area contributed by atoms with Crippen molar-refractivity contribution in [3.05, 3.63) is 83.8 Å². The van der Waals surface area contributed by atoms with Crippen LogP contribution in [0.1, 0.15) is 28.5 Å². The number of aromatic nitrogens is 2. The molecule has 0 saturated carbocycles. The van der Waals surface area contributed by atoms with Gasteiger partial charge in [0.05, 0.1) is 19.5 Å². The summed E-state index contributed by atoms with van der Waals surface area (Å²) < 4.78 is 5.24. The van der Waals surface area contributed by atoms with E-state index < -0.39 is 0 Å². The van der Waals surface area contributed by atoms with Crippen molar-refractivity contribution in [2.24, 2.45) is 0 Å². The molecule has 0 aliphatic heterocycles. The van der Waals surface area contributed by atoms with E-state index in [1.807, 2.05) is 55.5 Å². The first-order valence-corrected chi connectivity index (χ1v) is 9.71. The lowest BCUT2D eigenvalue weighted by Crippen LogP contribution is -2.31. The number of anilines is 1. The Labute approximate surface area is 171 Å². The molecule has 6 heteroatoms. The minimum Gasteiger partial charge on any atom is -0.497 e. The third-order valence-corrected chi connectivity index (χ3v) is 4.61. The second kappa shape index (κ2) is 10.2. The first-order chi connectivity index (χ1) is 14.2. The van der Waals surface area contributed by atoms with Gasteiger partial charge < -0.3 is 15.0 Å². The van der Waals surface area contributed by atoms with E-state index >= 15 is 0 Å². The van der Waals surface area contributed by atoms with Gasteiger partial charge in [-0.15, -0.1) is 0 Å². The summed E-state index contributed by atoms with van der Waals surface area (Å²) >= 11 is 0. The summed E-state index contributed by atoms with van der Waals surface area (Å²) in [6.45, 7) is 3.83. The normalized spacial score (nSPS) is 10.4. The van der Waals surface area contributed by atoms with Crippen molar-refractivity contribution in [3.8, 4) is 5.75 Å². The zero-order chi connectivity index (χ0) is 20.5. The highest BCUT2D eigenvalue weighted by Gasteiger charge is 2.16. The van der Waals surface area contributed by atoms with Gasteiger partial charge in [-0.2, -0.15) is 0 Å². The Bertz CT molecular complexity index is 914. The largest absolute Gasteiger partial charge is 0.497 e. The molecule has 1 heterocycles. The predicted molar refractivity (Wildman–Crippen MR) is 114 cm³/mol. The minimum absolute atomic E-state index is 0.119. The van der Waals surface area contributed by atoms with Crippen LogP contribution in [0.15, 0.2) is 67.0 Å². The van der Waals surface area contributed by atoms with Gasteiger partial charge in [0.15, 0.2) is 0 Å². The van der Waals surface area contributed by atoms with Crippen LogP contribution in [0.5, 0.6) is 5.75 Å². The molecule has 0 radical (unpaired) electrons. The van der Waals surface area contributed by atoms with E-state index in [-0.39, 0.29) is 5.91 Å². The van der Waals surface area contributed by atoms with E-state index in [0.29, 0.717) is 31.1 Å². The minimum atomic E-state index is -0.119. The van der Waals surface area contributed by atoms with Crippen LogP contribution in [0.4, 0.5) is 5.82 Å². The zero-order valence-electron chi connectivity index (χ0n) is 16.8. The van der Waals surface area contributed by atoms with E-state index in [4.69, 9.17) is 4.74 Å². The first kappa shape index (κ1) is 20.3. The van der Waals surface area contributed by atoms with Gasteiger partial charge in [0.1, 0.15) is 17.3 Å². The van der Waals surface area contributed by atoms with Gasteiger partial charge in [-0.25, -0.2) is 9.97 Å². The Kier molecular flexibility index (Phi) is 7.16. The highest BCUT2D eigenvalue weighted by molar-refractivity contribution is 5.92. The quantitative estimate of drug-likeness (QED) is 0.602. The number of nitrogens with zero attached hydrogens (tertiary/aromatic N) is 3. The van der Waals surface area contributed by atoms with Crippen molar-refractivity contribution in [2.75, 3.05) is 25.5 Å². The molecule has 6 nitrogen and oxygen atoms in total. The topological polar surface area (TPSA) is 67.4 Å². The average molecular weight is 390 g/mol. The molecule has 1 amide bonds. The number of rotatable bonds is 9. The summed E-state index contributed by atoms with van der Waals surface area (Å²) in [5.41, 5.74) is 2.61. The number of ether oxygens (including phenoxy) is 1. The molecule has 0 saturated heterocycles. The predicted octanol–water partition coefficient (Wildman–Crippen LogP) is 3.80. The van der Waals surface area contributed by atoms with Gasteiger partial charge in [0.25, 0.3) is 5.91 Å². The molecular weight excluding hydrogens is 364 g/mol. The van der Waals surface area contributed by atoms with Crippen molar-refractivity contribution < 1.29 is 9.53 Å². The lowest BCUT2D eigenvalue weighted by Gasteiger charge is -2.20. The molecule has 3 aromatic rings. The van der Waals surface area contributed by atoms with E-state index in [1.54, 1.807) is 18.2 Å². The number of nitrogens with one attached hydrogen (secondary N) is 1. The van der Waals surface area contributed by atoms with Crippen LogP contribution in [0.25, 0.3) is 0 Å². The van der Waals surface area contributed by atoms with Gasteiger partial charge in [0.2, 0.25) is 0 Å². The molecule has 3 rings (SSSR count). The summed E-state index contributed by atoms with van der Waals surface area (Å²) in [4.78, 5) is 23.1. The number of benzene rings is 2. The molecule has 0 fully saturated rings. The second-order valence-corrected chi connectivity index (χ2v) is 6.62. The molecule has 1 aromatic heterocycles. The molecule has 0 aliphatic rings. The van der Waals surface area contributed by atoms with Gasteiger partial charge >= 0.3 is 0 Å². The van der Waals surface area contributed by atoms with Crippen LogP contribution in [-0.2, 0) is 13.0 Å². The Morgan fingerprint density at radius 2 is 1.83 bits per heavy atom. The standard InChI is InChI=1S/C23H26N4O2/c1-3-27(17-19-8-5-4-6-9-19)23(28)21-15-26-22(16-25-21)24-13-12-18-10-7-11-20(14-18)29-2/h4-11,14-16H,3,12-13,17H2,1-2H3,(H,24,26). The number of carbonyl (C=O) groups is 1. The van der Waals surface area contributed by atoms with Gasteiger partial charge in [-0.05, 0) is 36.6 Å². The smallest absolute Gasteiger partial charge is 0.274 e. The van der Waals surface area contributed by atoms with E-state index in [0.717, 1.165) is 17.7 Å². The fourth-order valence-corrected chi connectivity index (χ4v) is 2.99. The number of amides is 1. The van der Waals surface area contributed by atoms with Crippen molar-refractivity contribution in [1.29, 1.82) is 0 Å². The average Bonchev–Trinajstić information content (AvgIpc) is 2.78. The van der Waals surface area contributed by atoms with Crippen LogP contribution in [0, 0.1) is 0 Å². The summed E-state index contributed by atoms with van der Waals surface area (Å²) in [6, 6.07) is 17.9. The first-order valence-electron chi connectivity index (χ1n) is 9.71. The maximum Gasteiger partial charge on any atom is 0.274 e. The van der Waals surface area contributed by atoms with E-state index in [2.05, 4.69) is 21.4 Å². The van der Waals surface area contributed by atoms with Crippen LogP contribution < -0.4 is 10.1 Å². The fourth-order valence-electron chi connectivity index (χ4n) is 2.99. The maximum absolute atomic E-state index is 12.7. The molecule has 0 unspecified atom stereocenters. The molecule has 0 atom stereocenters. The van der Waals surface area contributed by atoms with E-state index in [9.17, 15) is 4.79 Å². The number of methoxy groups -OCH3 is 1. The number of carbonyl (C=O) groups excluding carboxylic acids is 1. The maximum atomic E-state index is 12.7. The molecule has 0 aliphatic carbocycles. The third kappa shape index (κ3) is 5.78. The van der Waals surface area contributed by atoms with Crippen molar-refractivity contribution in [2.45, 2.75) is 19.9 Å². The molecule has 150 valence electrons. The van der Waals surface area contributed by atoms with Crippen molar-refractivity contribution >= 4 is 11.7 Å². The fraction of sp³-hybridized carbons (Fsp3) is 0.261. The Morgan fingerprint density at radius 1 is 1.03 bits per heavy atom. The van der Waals surface area contributed by atoms with Gasteiger partial charge in [-0.3, -0.25) is 4.79 Å². The van der Waals surface area contributed by atoms with E-state index in [1.165, 1.54) is 11.8 Å². The highest BCUT2D eigenvalue weighted by Crippen LogP contribution is 2.13. The van der Waals surface area contributed by atoms with Crippen LogP contribution >= 0.6 is 0 Å². The highest BCUT2D eigenvalue weighted by atomic mass is 16.5. The monoisotopic (exact) mass is 390 g/mol. The van der Waals surface area contributed by atoms with Gasteiger partial charge in [0, 0.05) is 19.6 Å².